The fourth-order valence-electron chi connectivity index (χ4n) is 0.248. The number of rotatable bonds is 4. The molecule has 0 unspecified atom stereocenters. The second kappa shape index (κ2) is 8.28. The standard InChI is InChI=1S/Cl6H2O4P2S.H3O4P/c1-11(2,3)9-13(7,8)10-12(4,5)6;1-5(2,3)4/h11-12H;(H3,1,2,3,4). The van der Waals surface area contributed by atoms with E-state index >= 15 is 0 Å². The fraction of sp³-hybridized carbons (Fsp3) is 0. The van der Waals surface area contributed by atoms with E-state index in [1.807, 2.05) is 0 Å². The van der Waals surface area contributed by atoms with Gasteiger partial charge in [0.15, 0.2) is 0 Å². The summed E-state index contributed by atoms with van der Waals surface area (Å²) in [5, 5.41) is 0. The second-order valence-corrected chi connectivity index (χ2v) is 20.0. The first-order chi connectivity index (χ1) is 7.41. The molecule has 0 aromatic carbocycles. The number of halogens is 6. The predicted octanol–water partition coefficient (Wildman–Crippen LogP) is 3.59. The van der Waals surface area contributed by atoms with Gasteiger partial charge in [-0.15, -0.1) is 0 Å². The summed E-state index contributed by atoms with van der Waals surface area (Å²) in [5.41, 5.74) is -7.68. The average molecular weight is 471 g/mol. The zero-order chi connectivity index (χ0) is 15.4. The fourth-order valence-corrected chi connectivity index (χ4v) is 6.71. The van der Waals surface area contributed by atoms with Crippen LogP contribution in [0.4, 0.5) is 0 Å². The third kappa shape index (κ3) is 27.0. The Morgan fingerprint density at radius 3 is 1.11 bits per heavy atom. The molecule has 0 spiro atoms. The quantitative estimate of drug-likeness (QED) is 0.531. The van der Waals surface area contributed by atoms with Crippen LogP contribution in [0.1, 0.15) is 0 Å². The van der Waals surface area contributed by atoms with Crippen LogP contribution in [-0.2, 0) is 22.9 Å². The molecule has 0 rings (SSSR count). The molecule has 0 aliphatic heterocycles. The molecule has 0 heterocycles. The van der Waals surface area contributed by atoms with E-state index in [1.165, 1.54) is 0 Å². The third-order valence-corrected chi connectivity index (χ3v) is 6.94. The number of phosphoric acid groups is 1. The van der Waals surface area contributed by atoms with Crippen molar-refractivity contribution >= 4 is 96.8 Å². The van der Waals surface area contributed by atoms with Crippen LogP contribution in [-0.4, -0.2) is 23.1 Å². The van der Waals surface area contributed by atoms with E-state index < -0.39 is 29.3 Å². The summed E-state index contributed by atoms with van der Waals surface area (Å²) in [6.45, 7) is 0. The summed E-state index contributed by atoms with van der Waals surface area (Å²) in [6, 6.07) is 0. The molecule has 0 aromatic rings. The summed E-state index contributed by atoms with van der Waals surface area (Å²) in [6.07, 6.45) is 0. The molecule has 116 valence electrons. The topological polar surface area (TPSA) is 130 Å². The molecule has 18 heavy (non-hydrogen) atoms. The molecule has 0 radical (unpaired) electrons. The third-order valence-electron chi connectivity index (χ3n) is 0.393. The summed E-state index contributed by atoms with van der Waals surface area (Å²) < 4.78 is 38.4. The van der Waals surface area contributed by atoms with Crippen molar-refractivity contribution in [2.24, 2.45) is 0 Å². The monoisotopic (exact) mass is 468 g/mol. The first kappa shape index (κ1) is 22.9. The Labute approximate surface area is 131 Å². The summed E-state index contributed by atoms with van der Waals surface area (Å²) >= 11 is 30.7. The summed E-state index contributed by atoms with van der Waals surface area (Å²) in [5.74, 6) is 0. The van der Waals surface area contributed by atoms with Crippen LogP contribution in [0, 0.1) is 0 Å². The average Bonchev–Trinajstić information content (AvgIpc) is 1.64. The first-order valence-electron chi connectivity index (χ1n) is 2.99. The van der Waals surface area contributed by atoms with Gasteiger partial charge in [-0.3, -0.25) is 0 Å². The zero-order valence-corrected chi connectivity index (χ0v) is 15.8. The van der Waals surface area contributed by atoms with Crippen LogP contribution >= 0.6 is 86.4 Å². The first-order valence-corrected chi connectivity index (χ1v) is 15.8. The maximum atomic E-state index is 10.8. The van der Waals surface area contributed by atoms with Crippen LogP contribution in [0.2, 0.25) is 0 Å². The van der Waals surface area contributed by atoms with E-state index in [1.54, 1.807) is 0 Å². The Kier molecular flexibility index (Phi) is 10.5. The van der Waals surface area contributed by atoms with Crippen LogP contribution < -0.4 is 0 Å². The van der Waals surface area contributed by atoms with E-state index in [-0.39, 0.29) is 0 Å². The van der Waals surface area contributed by atoms with Gasteiger partial charge in [-0.25, -0.2) is 4.57 Å². The molecule has 0 atom stereocenters. The number of hydrogen-bond donors (Lipinski definition) is 3. The zero-order valence-electron chi connectivity index (χ0n) is 7.51. The van der Waals surface area contributed by atoms with Gasteiger partial charge in [-0.1, -0.05) is 0 Å². The molecule has 3 N–H and O–H groups in total. The second-order valence-electron chi connectivity index (χ2n) is 1.98. The van der Waals surface area contributed by atoms with E-state index in [2.05, 4.69) is 7.94 Å². The molecule has 0 aliphatic carbocycles. The van der Waals surface area contributed by atoms with Gasteiger partial charge in [0.25, 0.3) is 0 Å². The van der Waals surface area contributed by atoms with Crippen molar-refractivity contribution in [3.63, 3.8) is 0 Å². The normalized spacial score (nSPS) is 15.6. The minimum atomic E-state index is -4.64. The number of hydrogen-bond acceptors (Lipinski definition) is 5. The molecular formula is H5Cl6O8P3S. The Morgan fingerprint density at radius 1 is 0.833 bits per heavy atom. The Hall–Kier alpha value is 2.58. The van der Waals surface area contributed by atoms with Crippen LogP contribution in [0.3, 0.4) is 0 Å². The van der Waals surface area contributed by atoms with Gasteiger partial charge < -0.3 is 14.7 Å². The van der Waals surface area contributed by atoms with Gasteiger partial charge in [0.05, 0.1) is 0 Å². The van der Waals surface area contributed by atoms with Crippen LogP contribution in [0.5, 0.6) is 0 Å². The van der Waals surface area contributed by atoms with Crippen molar-refractivity contribution in [1.82, 2.24) is 0 Å². The molecule has 0 fully saturated rings. The van der Waals surface area contributed by atoms with Gasteiger partial charge in [0, 0.05) is 0 Å². The molecule has 0 amide bonds. The Balaban J connectivity index is 0. The molecule has 0 saturated carbocycles. The maximum absolute atomic E-state index is 10.8. The van der Waals surface area contributed by atoms with E-state index in [9.17, 15) is 8.42 Å². The molecule has 0 saturated heterocycles. The van der Waals surface area contributed by atoms with Crippen molar-refractivity contribution < 1.29 is 35.6 Å². The van der Waals surface area contributed by atoms with Crippen molar-refractivity contribution in [2.45, 2.75) is 0 Å². The van der Waals surface area contributed by atoms with E-state index in [0.29, 0.717) is 0 Å². The van der Waals surface area contributed by atoms with Gasteiger partial charge in [0.1, 0.15) is 0 Å². The van der Waals surface area contributed by atoms with E-state index in [0.717, 1.165) is 0 Å². The van der Waals surface area contributed by atoms with Gasteiger partial charge in [-0.05, 0) is 0 Å². The van der Waals surface area contributed by atoms with Crippen LogP contribution in [0.25, 0.3) is 0 Å². The van der Waals surface area contributed by atoms with Crippen LogP contribution in [0.15, 0.2) is 0 Å². The van der Waals surface area contributed by atoms with Gasteiger partial charge >= 0.3 is 113 Å². The van der Waals surface area contributed by atoms with Crippen molar-refractivity contribution in [3.05, 3.63) is 0 Å². The Morgan fingerprint density at radius 2 is 1.00 bits per heavy atom. The van der Waals surface area contributed by atoms with Crippen molar-refractivity contribution in [3.8, 4) is 0 Å². The summed E-state index contributed by atoms with van der Waals surface area (Å²) in [4.78, 5) is 21.6. The van der Waals surface area contributed by atoms with Gasteiger partial charge in [-0.2, -0.15) is 0 Å². The molecule has 18 heteroatoms. The summed E-state index contributed by atoms with van der Waals surface area (Å²) in [7, 11) is -9.20. The molecule has 0 bridgehead atoms. The predicted molar refractivity (Wildman–Crippen MR) is 77.1 cm³/mol. The van der Waals surface area contributed by atoms with E-state index in [4.69, 9.17) is 86.7 Å². The Bertz CT molecular complexity index is 356. The molecule has 8 nitrogen and oxygen atoms in total. The minimum absolute atomic E-state index is 3.84. The molecule has 0 aliphatic rings. The molecule has 0 aromatic heterocycles. The molecular weight excluding hydrogens is 466 g/mol. The van der Waals surface area contributed by atoms with Gasteiger partial charge in [0.2, 0.25) is 0 Å². The van der Waals surface area contributed by atoms with Crippen molar-refractivity contribution in [1.29, 1.82) is 0 Å². The SMILES string of the molecule is O=P(O)(O)O.O=S(=O)(O[PH](Cl)(Cl)Cl)O[PH](Cl)(Cl)Cl. The van der Waals surface area contributed by atoms with Crippen molar-refractivity contribution in [2.75, 3.05) is 0 Å².